The van der Waals surface area contributed by atoms with E-state index in [4.69, 9.17) is 5.73 Å². The molecule has 1 aliphatic rings. The Balaban J connectivity index is 2.04. The van der Waals surface area contributed by atoms with Crippen LogP contribution >= 0.6 is 0 Å². The number of amides is 1. The van der Waals surface area contributed by atoms with Crippen LogP contribution in [0.4, 0.5) is 5.69 Å². The second kappa shape index (κ2) is 4.49. The summed E-state index contributed by atoms with van der Waals surface area (Å²) in [7, 11) is 2.10. The highest BCUT2D eigenvalue weighted by molar-refractivity contribution is 5.91. The molecule has 3 N–H and O–H groups in total. The molecule has 0 spiro atoms. The molecule has 0 bridgehead atoms. The number of nitrogens with one attached hydrogen (secondary N) is 1. The van der Waals surface area contributed by atoms with Gasteiger partial charge in [0.2, 0.25) is 0 Å². The van der Waals surface area contributed by atoms with Gasteiger partial charge in [0.1, 0.15) is 5.69 Å². The normalized spacial score (nSPS) is 20.9. The summed E-state index contributed by atoms with van der Waals surface area (Å²) in [5.74, 6) is -0.493. The zero-order valence-corrected chi connectivity index (χ0v) is 9.31. The molecule has 1 atom stereocenters. The van der Waals surface area contributed by atoms with Crippen molar-refractivity contribution in [3.63, 3.8) is 0 Å². The van der Waals surface area contributed by atoms with Crippen molar-refractivity contribution in [1.82, 2.24) is 9.88 Å². The Morgan fingerprint density at radius 2 is 2.50 bits per heavy atom. The van der Waals surface area contributed by atoms with E-state index in [0.29, 0.717) is 11.7 Å². The summed E-state index contributed by atoms with van der Waals surface area (Å²) in [6.07, 6.45) is 2.71. The van der Waals surface area contributed by atoms with Crippen molar-refractivity contribution in [3.8, 4) is 0 Å². The number of primary amides is 1. The van der Waals surface area contributed by atoms with E-state index in [9.17, 15) is 4.79 Å². The van der Waals surface area contributed by atoms with Gasteiger partial charge in [0, 0.05) is 24.5 Å². The Morgan fingerprint density at radius 3 is 3.12 bits per heavy atom. The lowest BCUT2D eigenvalue weighted by Gasteiger charge is -2.14. The van der Waals surface area contributed by atoms with Crippen LogP contribution in [0.2, 0.25) is 0 Å². The maximum Gasteiger partial charge on any atom is 0.267 e. The van der Waals surface area contributed by atoms with Crippen LogP contribution in [0.25, 0.3) is 0 Å². The zero-order chi connectivity index (χ0) is 11.5. The summed E-state index contributed by atoms with van der Waals surface area (Å²) < 4.78 is 0. The molecule has 1 aliphatic heterocycles. The fourth-order valence-electron chi connectivity index (χ4n) is 1.94. The molecule has 2 heterocycles. The first-order valence-electron chi connectivity index (χ1n) is 5.36. The third-order valence-electron chi connectivity index (χ3n) is 2.77. The lowest BCUT2D eigenvalue weighted by atomic mass is 10.2. The van der Waals surface area contributed by atoms with Gasteiger partial charge in [0.05, 0.1) is 0 Å². The molecule has 1 aromatic rings. The van der Waals surface area contributed by atoms with Gasteiger partial charge in [0.25, 0.3) is 5.91 Å². The van der Waals surface area contributed by atoms with E-state index >= 15 is 0 Å². The van der Waals surface area contributed by atoms with E-state index < -0.39 is 5.91 Å². The van der Waals surface area contributed by atoms with Gasteiger partial charge < -0.3 is 16.0 Å². The van der Waals surface area contributed by atoms with Gasteiger partial charge in [-0.1, -0.05) is 0 Å². The second-order valence-corrected chi connectivity index (χ2v) is 4.19. The number of nitrogens with zero attached hydrogens (tertiary/aromatic N) is 2. The van der Waals surface area contributed by atoms with Crippen molar-refractivity contribution in [1.29, 1.82) is 0 Å². The number of carbonyl (C=O) groups excluding carboxylic acids is 1. The molecular formula is C11H16N4O. The molecule has 1 saturated heterocycles. The average Bonchev–Trinajstić information content (AvgIpc) is 2.64. The first kappa shape index (κ1) is 10.9. The molecule has 2 rings (SSSR count). The Morgan fingerprint density at radius 1 is 1.69 bits per heavy atom. The minimum Gasteiger partial charge on any atom is -0.381 e. The molecule has 1 fully saturated rings. The Labute approximate surface area is 94.6 Å². The molecule has 5 heteroatoms. The van der Waals surface area contributed by atoms with Crippen LogP contribution in [-0.4, -0.2) is 42.0 Å². The van der Waals surface area contributed by atoms with Crippen molar-refractivity contribution in [3.05, 3.63) is 24.0 Å². The number of nitrogens with two attached hydrogens (primary N) is 1. The van der Waals surface area contributed by atoms with Gasteiger partial charge in [-0.15, -0.1) is 0 Å². The van der Waals surface area contributed by atoms with Gasteiger partial charge in [-0.25, -0.2) is 0 Å². The topological polar surface area (TPSA) is 71.2 Å². The number of hydrogen-bond acceptors (Lipinski definition) is 4. The zero-order valence-electron chi connectivity index (χ0n) is 9.31. The lowest BCUT2D eigenvalue weighted by molar-refractivity contribution is 0.0995. The van der Waals surface area contributed by atoms with Crippen molar-refractivity contribution in [2.75, 3.05) is 25.5 Å². The molecule has 1 amide bonds. The number of likely N-dealkylation sites (tertiary alicyclic amines) is 1. The molecule has 0 aliphatic carbocycles. The Bertz CT molecular complexity index is 393. The molecule has 16 heavy (non-hydrogen) atoms. The van der Waals surface area contributed by atoms with Gasteiger partial charge in [-0.3, -0.25) is 9.78 Å². The van der Waals surface area contributed by atoms with Crippen LogP contribution < -0.4 is 11.1 Å². The third-order valence-corrected chi connectivity index (χ3v) is 2.77. The first-order valence-corrected chi connectivity index (χ1v) is 5.36. The van der Waals surface area contributed by atoms with E-state index in [1.165, 1.54) is 0 Å². The summed E-state index contributed by atoms with van der Waals surface area (Å²) in [5, 5.41) is 3.38. The van der Waals surface area contributed by atoms with E-state index in [0.717, 1.165) is 25.2 Å². The minimum absolute atomic E-state index is 0.302. The highest BCUT2D eigenvalue weighted by atomic mass is 16.1. The van der Waals surface area contributed by atoms with Gasteiger partial charge in [0.15, 0.2) is 0 Å². The van der Waals surface area contributed by atoms with Crippen molar-refractivity contribution < 1.29 is 4.79 Å². The van der Waals surface area contributed by atoms with Gasteiger partial charge in [-0.2, -0.15) is 0 Å². The molecular weight excluding hydrogens is 204 g/mol. The predicted molar refractivity (Wildman–Crippen MR) is 62.3 cm³/mol. The number of pyridine rings is 1. The van der Waals surface area contributed by atoms with Gasteiger partial charge in [-0.05, 0) is 32.1 Å². The summed E-state index contributed by atoms with van der Waals surface area (Å²) >= 11 is 0. The fraction of sp³-hybridized carbons (Fsp3) is 0.455. The highest BCUT2D eigenvalue weighted by Crippen LogP contribution is 2.14. The van der Waals surface area contributed by atoms with Crippen molar-refractivity contribution >= 4 is 11.6 Å². The second-order valence-electron chi connectivity index (χ2n) is 4.19. The summed E-state index contributed by atoms with van der Waals surface area (Å²) in [5.41, 5.74) is 6.38. The molecule has 86 valence electrons. The summed E-state index contributed by atoms with van der Waals surface area (Å²) in [6, 6.07) is 3.99. The summed E-state index contributed by atoms with van der Waals surface area (Å²) in [6.45, 7) is 2.12. The molecule has 5 nitrogen and oxygen atoms in total. The number of anilines is 1. The van der Waals surface area contributed by atoms with Crippen LogP contribution in [0.15, 0.2) is 18.3 Å². The first-order chi connectivity index (χ1) is 7.65. The van der Waals surface area contributed by atoms with E-state index in [-0.39, 0.29) is 0 Å². The van der Waals surface area contributed by atoms with Crippen LogP contribution in [-0.2, 0) is 0 Å². The smallest absolute Gasteiger partial charge is 0.267 e. The molecule has 1 unspecified atom stereocenters. The highest BCUT2D eigenvalue weighted by Gasteiger charge is 2.19. The van der Waals surface area contributed by atoms with Gasteiger partial charge >= 0.3 is 0 Å². The number of rotatable bonds is 3. The fourth-order valence-corrected chi connectivity index (χ4v) is 1.94. The van der Waals surface area contributed by atoms with Crippen molar-refractivity contribution in [2.45, 2.75) is 12.5 Å². The summed E-state index contributed by atoms with van der Waals surface area (Å²) in [4.78, 5) is 17.1. The Kier molecular flexibility index (Phi) is 3.05. The molecule has 0 radical (unpaired) electrons. The largest absolute Gasteiger partial charge is 0.381 e. The van der Waals surface area contributed by atoms with Crippen molar-refractivity contribution in [2.24, 2.45) is 5.73 Å². The van der Waals surface area contributed by atoms with Crippen LogP contribution in [0.1, 0.15) is 16.9 Å². The molecule has 1 aromatic heterocycles. The monoisotopic (exact) mass is 220 g/mol. The standard InChI is InChI=1S/C11H16N4O/c1-15-5-3-9(7-15)14-8-2-4-13-10(6-8)11(12)16/h2,4,6,9H,3,5,7H2,1H3,(H2,12,16)(H,13,14). The number of likely N-dealkylation sites (N-methyl/N-ethyl adjacent to an activating group) is 1. The molecule has 0 saturated carbocycles. The maximum atomic E-state index is 11.0. The van der Waals surface area contributed by atoms with Crippen LogP contribution in [0, 0.1) is 0 Å². The Hall–Kier alpha value is -1.62. The average molecular weight is 220 g/mol. The quantitative estimate of drug-likeness (QED) is 0.768. The minimum atomic E-state index is -0.493. The predicted octanol–water partition coefficient (Wildman–Crippen LogP) is 0.296. The van der Waals surface area contributed by atoms with E-state index in [1.807, 2.05) is 6.07 Å². The number of hydrogen-bond donors (Lipinski definition) is 2. The maximum absolute atomic E-state index is 11.0. The SMILES string of the molecule is CN1CCC(Nc2ccnc(C(N)=O)c2)C1. The lowest BCUT2D eigenvalue weighted by Crippen LogP contribution is -2.23. The van der Waals surface area contributed by atoms with E-state index in [2.05, 4.69) is 22.2 Å². The number of carbonyl (C=O) groups is 1. The van der Waals surface area contributed by atoms with Crippen LogP contribution in [0.3, 0.4) is 0 Å². The van der Waals surface area contributed by atoms with Crippen LogP contribution in [0.5, 0.6) is 0 Å². The number of aromatic nitrogens is 1. The molecule has 0 aromatic carbocycles. The van der Waals surface area contributed by atoms with E-state index in [1.54, 1.807) is 12.3 Å². The third kappa shape index (κ3) is 2.49.